The van der Waals surface area contributed by atoms with Crippen LogP contribution in [-0.4, -0.2) is 0 Å². The second kappa shape index (κ2) is 2.86. The highest BCUT2D eigenvalue weighted by Gasteiger charge is 2.03. The first kappa shape index (κ1) is 6.60. The van der Waals surface area contributed by atoms with Gasteiger partial charge in [0.05, 0.1) is 0 Å². The van der Waals surface area contributed by atoms with Crippen LogP contribution in [0.1, 0.15) is 33.1 Å². The highest BCUT2D eigenvalue weighted by molar-refractivity contribution is 5.33. The molecule has 0 saturated heterocycles. The third-order valence-corrected chi connectivity index (χ3v) is 1.95. The molecule has 0 radical (unpaired) electrons. The third kappa shape index (κ3) is 1.24. The van der Waals surface area contributed by atoms with Crippen LogP contribution in [0.5, 0.6) is 0 Å². The van der Waals surface area contributed by atoms with Crippen molar-refractivity contribution in [1.29, 1.82) is 0 Å². The topological polar surface area (TPSA) is 0 Å². The van der Waals surface area contributed by atoms with Crippen molar-refractivity contribution < 1.29 is 0 Å². The first-order chi connectivity index (χ1) is 4.38. The quantitative estimate of drug-likeness (QED) is 0.528. The Labute approximate surface area is 57.3 Å². The summed E-state index contributed by atoms with van der Waals surface area (Å²) in [5.41, 5.74) is 3.20. The van der Waals surface area contributed by atoms with E-state index in [9.17, 15) is 0 Å². The average Bonchev–Trinajstić information content (AvgIpc) is 2.33. The van der Waals surface area contributed by atoms with Gasteiger partial charge in [0, 0.05) is 0 Å². The molecule has 1 aliphatic carbocycles. The van der Waals surface area contributed by atoms with E-state index >= 15 is 0 Å². The molecule has 0 heterocycles. The average molecular weight is 122 g/mol. The first-order valence-corrected chi connectivity index (χ1v) is 3.76. The van der Waals surface area contributed by atoms with Crippen molar-refractivity contribution >= 4 is 0 Å². The van der Waals surface area contributed by atoms with E-state index in [0.717, 1.165) is 0 Å². The van der Waals surface area contributed by atoms with E-state index in [0.29, 0.717) is 0 Å². The van der Waals surface area contributed by atoms with Gasteiger partial charge in [-0.2, -0.15) is 0 Å². The zero-order chi connectivity index (χ0) is 6.69. The van der Waals surface area contributed by atoms with Crippen molar-refractivity contribution in [1.82, 2.24) is 0 Å². The molecule has 0 atom stereocenters. The molecule has 0 spiro atoms. The van der Waals surface area contributed by atoms with Gasteiger partial charge in [-0.3, -0.25) is 0 Å². The Balaban J connectivity index is 2.67. The van der Waals surface area contributed by atoms with Crippen molar-refractivity contribution in [2.45, 2.75) is 33.1 Å². The van der Waals surface area contributed by atoms with Crippen LogP contribution in [0.3, 0.4) is 0 Å². The molecule has 0 saturated carbocycles. The molecular formula is C9H14. The van der Waals surface area contributed by atoms with Gasteiger partial charge in [0.25, 0.3) is 0 Å². The van der Waals surface area contributed by atoms with Crippen LogP contribution in [0.2, 0.25) is 0 Å². The molecule has 0 aromatic rings. The van der Waals surface area contributed by atoms with Gasteiger partial charge in [0.1, 0.15) is 0 Å². The summed E-state index contributed by atoms with van der Waals surface area (Å²) in [6, 6.07) is 0. The lowest BCUT2D eigenvalue weighted by molar-refractivity contribution is 0.997. The smallest absolute Gasteiger partial charge is 0.0130 e. The van der Waals surface area contributed by atoms with E-state index < -0.39 is 0 Å². The summed E-state index contributed by atoms with van der Waals surface area (Å²) >= 11 is 0. The monoisotopic (exact) mass is 122 g/mol. The predicted molar refractivity (Wildman–Crippen MR) is 41.4 cm³/mol. The summed E-state index contributed by atoms with van der Waals surface area (Å²) in [7, 11) is 0. The minimum absolute atomic E-state index is 1.21. The van der Waals surface area contributed by atoms with Crippen LogP contribution in [0.4, 0.5) is 0 Å². The maximum Gasteiger partial charge on any atom is -0.0130 e. The Morgan fingerprint density at radius 3 is 2.56 bits per heavy atom. The van der Waals surface area contributed by atoms with E-state index in [4.69, 9.17) is 0 Å². The largest absolute Gasteiger partial charge is 0.0802 e. The molecule has 0 aromatic carbocycles. The lowest BCUT2D eigenvalue weighted by atomic mass is 10.1. The number of hydrogen-bond acceptors (Lipinski definition) is 0. The molecule has 0 bridgehead atoms. The standard InChI is InChI=1S/C9H14/c1-3-8-6-5-7-9(8)4-2/h5-6H,3-4,7H2,1-2H3. The summed E-state index contributed by atoms with van der Waals surface area (Å²) in [6.45, 7) is 4.46. The van der Waals surface area contributed by atoms with Gasteiger partial charge >= 0.3 is 0 Å². The zero-order valence-electron chi connectivity index (χ0n) is 6.28. The van der Waals surface area contributed by atoms with Gasteiger partial charge in [-0.05, 0) is 24.8 Å². The minimum atomic E-state index is 1.21. The van der Waals surface area contributed by atoms with E-state index in [-0.39, 0.29) is 0 Å². The molecular weight excluding hydrogens is 108 g/mol. The zero-order valence-corrected chi connectivity index (χ0v) is 6.28. The maximum atomic E-state index is 2.26. The summed E-state index contributed by atoms with van der Waals surface area (Å²) in [5.74, 6) is 0. The summed E-state index contributed by atoms with van der Waals surface area (Å²) in [5, 5.41) is 0. The van der Waals surface area contributed by atoms with Crippen molar-refractivity contribution in [3.05, 3.63) is 23.3 Å². The van der Waals surface area contributed by atoms with E-state index in [1.54, 1.807) is 11.1 Å². The Morgan fingerprint density at radius 2 is 2.11 bits per heavy atom. The molecule has 0 fully saturated rings. The summed E-state index contributed by atoms with van der Waals surface area (Å²) in [6.07, 6.45) is 8.17. The first-order valence-electron chi connectivity index (χ1n) is 3.76. The second-order valence-corrected chi connectivity index (χ2v) is 2.44. The molecule has 0 nitrogen and oxygen atoms in total. The number of rotatable bonds is 2. The molecule has 0 unspecified atom stereocenters. The van der Waals surface area contributed by atoms with E-state index in [2.05, 4.69) is 26.0 Å². The molecule has 0 aromatic heterocycles. The van der Waals surface area contributed by atoms with Gasteiger partial charge in [0.2, 0.25) is 0 Å². The highest BCUT2D eigenvalue weighted by Crippen LogP contribution is 2.23. The molecule has 0 N–H and O–H groups in total. The molecule has 1 rings (SSSR count). The van der Waals surface area contributed by atoms with E-state index in [1.807, 2.05) is 0 Å². The lowest BCUT2D eigenvalue weighted by Gasteiger charge is -1.98. The Bertz CT molecular complexity index is 149. The van der Waals surface area contributed by atoms with Gasteiger partial charge in [-0.25, -0.2) is 0 Å². The van der Waals surface area contributed by atoms with Crippen LogP contribution < -0.4 is 0 Å². The van der Waals surface area contributed by atoms with Crippen LogP contribution >= 0.6 is 0 Å². The van der Waals surface area contributed by atoms with Crippen molar-refractivity contribution in [3.63, 3.8) is 0 Å². The van der Waals surface area contributed by atoms with Gasteiger partial charge < -0.3 is 0 Å². The van der Waals surface area contributed by atoms with Crippen LogP contribution in [-0.2, 0) is 0 Å². The van der Waals surface area contributed by atoms with Crippen molar-refractivity contribution in [3.8, 4) is 0 Å². The molecule has 0 aliphatic heterocycles. The molecule has 50 valence electrons. The Morgan fingerprint density at radius 1 is 1.33 bits per heavy atom. The van der Waals surface area contributed by atoms with Crippen LogP contribution in [0, 0.1) is 0 Å². The van der Waals surface area contributed by atoms with Gasteiger partial charge in [-0.1, -0.05) is 31.6 Å². The fraction of sp³-hybridized carbons (Fsp3) is 0.556. The van der Waals surface area contributed by atoms with Crippen LogP contribution in [0.25, 0.3) is 0 Å². The van der Waals surface area contributed by atoms with Crippen molar-refractivity contribution in [2.75, 3.05) is 0 Å². The second-order valence-electron chi connectivity index (χ2n) is 2.44. The lowest BCUT2D eigenvalue weighted by Crippen LogP contribution is -1.79. The fourth-order valence-corrected chi connectivity index (χ4v) is 1.33. The predicted octanol–water partition coefficient (Wildman–Crippen LogP) is 3.06. The maximum absolute atomic E-state index is 2.26. The summed E-state index contributed by atoms with van der Waals surface area (Å²) < 4.78 is 0. The molecule has 0 amide bonds. The third-order valence-electron chi connectivity index (χ3n) is 1.95. The Hall–Kier alpha value is -0.520. The number of hydrogen-bond donors (Lipinski definition) is 0. The van der Waals surface area contributed by atoms with Crippen LogP contribution in [0.15, 0.2) is 23.3 Å². The van der Waals surface area contributed by atoms with Gasteiger partial charge in [-0.15, -0.1) is 0 Å². The minimum Gasteiger partial charge on any atom is -0.0802 e. The molecule has 9 heavy (non-hydrogen) atoms. The van der Waals surface area contributed by atoms with Gasteiger partial charge in [0.15, 0.2) is 0 Å². The summed E-state index contributed by atoms with van der Waals surface area (Å²) in [4.78, 5) is 0. The van der Waals surface area contributed by atoms with Crippen molar-refractivity contribution in [2.24, 2.45) is 0 Å². The SMILES string of the molecule is CCC1=C(CC)CC=C1. The fourth-order valence-electron chi connectivity index (χ4n) is 1.33. The molecule has 0 heteroatoms. The van der Waals surface area contributed by atoms with E-state index in [1.165, 1.54) is 19.3 Å². The Kier molecular flexibility index (Phi) is 2.10. The highest BCUT2D eigenvalue weighted by atomic mass is 14.1. The molecule has 1 aliphatic rings. The number of allylic oxidation sites excluding steroid dienone is 4. The normalized spacial score (nSPS) is 17.6.